The number of thiophene rings is 1. The Kier molecular flexibility index (Phi) is 8.89. The number of hydrogen-bond donors (Lipinski definition) is 0. The molecule has 0 bridgehead atoms. The molecule has 0 spiro atoms. The molecule has 1 aliphatic carbocycles. The molecule has 0 unspecified atom stereocenters. The quantitative estimate of drug-likeness (QED) is 0.145. The average molecular weight is 847 g/mol. The zero-order valence-corrected chi connectivity index (χ0v) is 36.5. The van der Waals surface area contributed by atoms with Crippen LogP contribution in [0.3, 0.4) is 0 Å². The first-order valence-corrected chi connectivity index (χ1v) is 23.4. The van der Waals surface area contributed by atoms with E-state index in [0.29, 0.717) is 0 Å². The molecule has 13 rings (SSSR count). The lowest BCUT2D eigenvalue weighted by atomic mass is 9.95. The highest BCUT2D eigenvalue weighted by Crippen LogP contribution is 2.45. The fourth-order valence-electron chi connectivity index (χ4n) is 10.4. The van der Waals surface area contributed by atoms with E-state index in [0.717, 1.165) is 29.9 Å². The third-order valence-corrected chi connectivity index (χ3v) is 14.6. The summed E-state index contributed by atoms with van der Waals surface area (Å²) in [7, 11) is 0. The van der Waals surface area contributed by atoms with Gasteiger partial charge in [-0.3, -0.25) is 0 Å². The maximum Gasteiger partial charge on any atom is 0.0619 e. The van der Waals surface area contributed by atoms with Crippen LogP contribution >= 0.6 is 11.3 Å². The van der Waals surface area contributed by atoms with Gasteiger partial charge in [-0.15, -0.1) is 11.3 Å². The number of anilines is 3. The number of aromatic nitrogens is 1. The molecule has 2 aromatic heterocycles. The van der Waals surface area contributed by atoms with E-state index in [-0.39, 0.29) is 0 Å². The van der Waals surface area contributed by atoms with Crippen molar-refractivity contribution in [3.63, 3.8) is 0 Å². The van der Waals surface area contributed by atoms with Crippen LogP contribution in [0.15, 0.2) is 224 Å². The van der Waals surface area contributed by atoms with Crippen molar-refractivity contribution in [2.75, 3.05) is 4.90 Å². The van der Waals surface area contributed by atoms with Crippen LogP contribution in [-0.2, 0) is 6.42 Å². The molecule has 0 saturated heterocycles. The zero-order valence-electron chi connectivity index (χ0n) is 35.7. The van der Waals surface area contributed by atoms with Crippen molar-refractivity contribution < 1.29 is 0 Å². The van der Waals surface area contributed by atoms with Crippen molar-refractivity contribution in [3.05, 3.63) is 235 Å². The highest BCUT2D eigenvalue weighted by molar-refractivity contribution is 7.20. The first-order valence-electron chi connectivity index (χ1n) is 22.5. The van der Waals surface area contributed by atoms with Crippen molar-refractivity contribution in [3.8, 4) is 39.1 Å². The highest BCUT2D eigenvalue weighted by Gasteiger charge is 2.21. The summed E-state index contributed by atoms with van der Waals surface area (Å²) in [5.74, 6) is 0. The Hall–Kier alpha value is -7.98. The van der Waals surface area contributed by atoms with Gasteiger partial charge in [0.1, 0.15) is 0 Å². The van der Waals surface area contributed by atoms with Gasteiger partial charge in [-0.25, -0.2) is 0 Å². The lowest BCUT2D eigenvalue weighted by Gasteiger charge is -2.26. The minimum Gasteiger partial charge on any atom is -0.310 e. The minimum atomic E-state index is 1.09. The lowest BCUT2D eigenvalue weighted by molar-refractivity contribution is 1.01. The number of fused-ring (bicyclic) bond motifs is 10. The molecule has 0 N–H and O–H groups in total. The molecule has 0 aliphatic heterocycles. The Morgan fingerprint density at radius 2 is 1.03 bits per heavy atom. The van der Waals surface area contributed by atoms with Gasteiger partial charge in [0, 0.05) is 48.7 Å². The summed E-state index contributed by atoms with van der Waals surface area (Å²) in [6, 6.07) is 80.4. The van der Waals surface area contributed by atoms with E-state index in [9.17, 15) is 0 Å². The fraction of sp³-hybridized carbons (Fsp3) is 0.0323. The molecule has 0 fully saturated rings. The van der Waals surface area contributed by atoms with Crippen LogP contribution in [0.1, 0.15) is 16.9 Å². The summed E-state index contributed by atoms with van der Waals surface area (Å²) in [6.45, 7) is 0. The van der Waals surface area contributed by atoms with Crippen LogP contribution in [0.5, 0.6) is 0 Å². The van der Waals surface area contributed by atoms with Crippen molar-refractivity contribution >= 4 is 87.9 Å². The molecule has 0 atom stereocenters. The number of hydrogen-bond acceptors (Lipinski definition) is 2. The lowest BCUT2D eigenvalue weighted by Crippen LogP contribution is -2.09. The van der Waals surface area contributed by atoms with Crippen molar-refractivity contribution in [2.45, 2.75) is 12.8 Å². The number of allylic oxidation sites excluding steroid dienone is 1. The summed E-state index contributed by atoms with van der Waals surface area (Å²) in [5, 5.41) is 9.04. The smallest absolute Gasteiger partial charge is 0.0619 e. The second kappa shape index (κ2) is 15.4. The molecule has 0 amide bonds. The fourth-order valence-corrected chi connectivity index (χ4v) is 11.5. The predicted octanol–water partition coefficient (Wildman–Crippen LogP) is 17.7. The van der Waals surface area contributed by atoms with Gasteiger partial charge in [-0.1, -0.05) is 164 Å². The zero-order chi connectivity index (χ0) is 42.8. The van der Waals surface area contributed by atoms with Crippen LogP contribution in [0, 0.1) is 0 Å². The molecule has 10 aromatic carbocycles. The predicted molar refractivity (Wildman–Crippen MR) is 280 cm³/mol. The Morgan fingerprint density at radius 3 is 1.78 bits per heavy atom. The molecule has 2 heterocycles. The number of aryl methyl sites for hydroxylation is 1. The van der Waals surface area contributed by atoms with Gasteiger partial charge < -0.3 is 9.47 Å². The summed E-state index contributed by atoms with van der Waals surface area (Å²) in [6.07, 6.45) is 6.81. The molecule has 0 radical (unpaired) electrons. The normalized spacial score (nSPS) is 12.4. The van der Waals surface area contributed by atoms with Crippen LogP contribution in [-0.4, -0.2) is 4.57 Å². The molecule has 2 nitrogen and oxygen atoms in total. The first kappa shape index (κ1) is 37.6. The van der Waals surface area contributed by atoms with Crippen molar-refractivity contribution in [1.29, 1.82) is 0 Å². The van der Waals surface area contributed by atoms with Gasteiger partial charge in [0.2, 0.25) is 0 Å². The van der Waals surface area contributed by atoms with Crippen molar-refractivity contribution in [2.24, 2.45) is 0 Å². The number of para-hydroxylation sites is 2. The third kappa shape index (κ3) is 6.31. The Balaban J connectivity index is 0.898. The molecule has 306 valence electrons. The van der Waals surface area contributed by atoms with Gasteiger partial charge in [0.05, 0.1) is 11.0 Å². The number of nitrogens with zero attached hydrogens (tertiary/aromatic N) is 2. The Labute approximate surface area is 382 Å². The van der Waals surface area contributed by atoms with E-state index >= 15 is 0 Å². The number of rotatable bonds is 7. The molecule has 12 aromatic rings. The van der Waals surface area contributed by atoms with Crippen molar-refractivity contribution in [1.82, 2.24) is 4.57 Å². The molecule has 0 saturated carbocycles. The van der Waals surface area contributed by atoms with E-state index in [1.165, 1.54) is 103 Å². The Bertz CT molecular complexity index is 3780. The van der Waals surface area contributed by atoms with E-state index in [4.69, 9.17) is 0 Å². The van der Waals surface area contributed by atoms with Gasteiger partial charge in [0.25, 0.3) is 0 Å². The molecule has 3 heteroatoms. The Morgan fingerprint density at radius 1 is 0.431 bits per heavy atom. The largest absolute Gasteiger partial charge is 0.310 e. The van der Waals surface area contributed by atoms with E-state index in [2.05, 4.69) is 240 Å². The highest BCUT2D eigenvalue weighted by atomic mass is 32.1. The molecular weight excluding hydrogens is 805 g/mol. The summed E-state index contributed by atoms with van der Waals surface area (Å²) in [5.41, 5.74) is 15.7. The minimum absolute atomic E-state index is 1.09. The third-order valence-electron chi connectivity index (χ3n) is 13.5. The molecular formula is C62H42N2S. The first-order chi connectivity index (χ1) is 32.2. The second-order valence-corrected chi connectivity index (χ2v) is 18.2. The number of benzene rings is 10. The van der Waals surface area contributed by atoms with E-state index in [1.807, 2.05) is 11.3 Å². The summed E-state index contributed by atoms with van der Waals surface area (Å²) < 4.78 is 3.82. The van der Waals surface area contributed by atoms with Crippen LogP contribution < -0.4 is 4.90 Å². The van der Waals surface area contributed by atoms with Crippen LogP contribution in [0.25, 0.3) is 98.6 Å². The van der Waals surface area contributed by atoms with Gasteiger partial charge in [-0.05, 0) is 140 Å². The van der Waals surface area contributed by atoms with Crippen LogP contribution in [0.2, 0.25) is 0 Å². The second-order valence-electron chi connectivity index (χ2n) is 17.2. The maximum atomic E-state index is 2.47. The molecule has 65 heavy (non-hydrogen) atoms. The van der Waals surface area contributed by atoms with Crippen LogP contribution in [0.4, 0.5) is 17.1 Å². The summed E-state index contributed by atoms with van der Waals surface area (Å²) >= 11 is 1.91. The monoisotopic (exact) mass is 846 g/mol. The SMILES string of the molecule is C1=Cc2sc3ccc(N(c4ccc(-c5ccccc5)cc4)c4ccc(-c5ccc(-c6cccc7c8c9c(ccc%10ccccc%109)ccc8n(-c8ccccc8)c67)cc5)cc4)cc3c2CC1. The van der Waals surface area contributed by atoms with E-state index < -0.39 is 0 Å². The van der Waals surface area contributed by atoms with Gasteiger partial charge in [0.15, 0.2) is 0 Å². The van der Waals surface area contributed by atoms with Gasteiger partial charge in [-0.2, -0.15) is 0 Å². The molecule has 1 aliphatic rings. The standard InChI is InChI=1S/C62H42N2S/c1-3-12-41(13-4-1)43-28-33-49(34-29-43)63(51-37-39-59-56(40-51)54-18-9-10-21-58(54)65-59)50-35-30-44(31-36-50)42-22-24-46(25-23-42)53-19-11-20-55-61-57(64(62(53)55)48-15-5-2-6-16-48)38-32-47-27-26-45-14-7-8-17-52(45)60(47)61/h1-8,10-17,19-40H,9,18H2. The summed E-state index contributed by atoms with van der Waals surface area (Å²) in [4.78, 5) is 3.80. The van der Waals surface area contributed by atoms with E-state index in [1.54, 1.807) is 0 Å². The van der Waals surface area contributed by atoms with Gasteiger partial charge >= 0.3 is 0 Å². The average Bonchev–Trinajstić information content (AvgIpc) is 3.93. The topological polar surface area (TPSA) is 8.17 Å². The maximum absolute atomic E-state index is 2.47.